The number of nitrogen functional groups attached to an aromatic ring is 1. The Hall–Kier alpha value is -2.30. The van der Waals surface area contributed by atoms with E-state index in [0.29, 0.717) is 11.6 Å². The maximum atomic E-state index is 11.8. The Bertz CT molecular complexity index is 536. The maximum absolute atomic E-state index is 11.8. The van der Waals surface area contributed by atoms with Gasteiger partial charge in [-0.1, -0.05) is 12.1 Å². The Morgan fingerprint density at radius 1 is 1.45 bits per heavy atom. The van der Waals surface area contributed by atoms with Crippen molar-refractivity contribution in [3.8, 4) is 0 Å². The molecule has 0 radical (unpaired) electrons. The van der Waals surface area contributed by atoms with E-state index in [1.807, 2.05) is 12.1 Å². The number of carbonyl (C=O) groups excluding carboxylic acids is 1. The van der Waals surface area contributed by atoms with E-state index >= 15 is 0 Å². The highest BCUT2D eigenvalue weighted by Crippen LogP contribution is 2.34. The van der Waals surface area contributed by atoms with Crippen LogP contribution in [-0.4, -0.2) is 23.0 Å². The van der Waals surface area contributed by atoms with Crippen LogP contribution in [0, 0.1) is 5.92 Å². The van der Waals surface area contributed by atoms with Crippen molar-refractivity contribution >= 4 is 23.6 Å². The van der Waals surface area contributed by atoms with Crippen molar-refractivity contribution in [3.05, 3.63) is 35.9 Å². The second-order valence-corrected chi connectivity index (χ2v) is 5.05. The normalized spacial score (nSPS) is 16.0. The number of benzene rings is 1. The van der Waals surface area contributed by atoms with E-state index in [0.717, 1.165) is 18.4 Å². The molecule has 4 N–H and O–H groups in total. The van der Waals surface area contributed by atoms with Gasteiger partial charge < -0.3 is 16.2 Å². The van der Waals surface area contributed by atoms with Crippen molar-refractivity contribution in [2.24, 2.45) is 5.92 Å². The van der Waals surface area contributed by atoms with Gasteiger partial charge >= 0.3 is 5.97 Å². The predicted molar refractivity (Wildman–Crippen MR) is 76.8 cm³/mol. The molecule has 1 aliphatic rings. The van der Waals surface area contributed by atoms with Gasteiger partial charge in [0.05, 0.1) is 6.42 Å². The molecule has 106 valence electrons. The van der Waals surface area contributed by atoms with Crippen LogP contribution in [0.4, 0.5) is 5.69 Å². The molecular formula is C15H18N2O3. The first-order chi connectivity index (χ1) is 9.54. The summed E-state index contributed by atoms with van der Waals surface area (Å²) in [6.45, 7) is 0. The molecule has 1 fully saturated rings. The molecule has 1 aromatic rings. The van der Waals surface area contributed by atoms with Crippen molar-refractivity contribution in [2.45, 2.75) is 25.3 Å². The summed E-state index contributed by atoms with van der Waals surface area (Å²) in [5.74, 6) is -0.858. The van der Waals surface area contributed by atoms with Crippen LogP contribution < -0.4 is 11.1 Å². The summed E-state index contributed by atoms with van der Waals surface area (Å²) in [7, 11) is 0. The number of aliphatic carboxylic acids is 1. The highest BCUT2D eigenvalue weighted by atomic mass is 16.4. The highest BCUT2D eigenvalue weighted by Gasteiger charge is 2.33. The molecule has 0 heterocycles. The molecule has 2 rings (SSSR count). The van der Waals surface area contributed by atoms with Crippen LogP contribution in [0.3, 0.4) is 0 Å². The van der Waals surface area contributed by atoms with E-state index in [4.69, 9.17) is 10.8 Å². The number of amides is 1. The van der Waals surface area contributed by atoms with Crippen LogP contribution in [-0.2, 0) is 9.59 Å². The van der Waals surface area contributed by atoms with Gasteiger partial charge in [-0.2, -0.15) is 0 Å². The topological polar surface area (TPSA) is 92.4 Å². The minimum Gasteiger partial charge on any atom is -0.481 e. The second kappa shape index (κ2) is 6.23. The van der Waals surface area contributed by atoms with Gasteiger partial charge in [0.25, 0.3) is 0 Å². The standard InChI is InChI=1S/C15H18N2O3/c16-12-3-1-2-10(8-12)4-7-14(18)17-13(9-15(19)20)11-5-6-11/h1-4,7-8,11,13H,5-6,9,16H2,(H,17,18)(H,19,20)/b7-4+. The summed E-state index contributed by atoms with van der Waals surface area (Å²) in [4.78, 5) is 22.6. The zero-order chi connectivity index (χ0) is 14.5. The van der Waals surface area contributed by atoms with Crippen LogP contribution >= 0.6 is 0 Å². The van der Waals surface area contributed by atoms with Crippen molar-refractivity contribution in [1.29, 1.82) is 0 Å². The van der Waals surface area contributed by atoms with Crippen molar-refractivity contribution < 1.29 is 14.7 Å². The van der Waals surface area contributed by atoms with Crippen LogP contribution in [0.5, 0.6) is 0 Å². The Balaban J connectivity index is 1.92. The van der Waals surface area contributed by atoms with Gasteiger partial charge in [0.15, 0.2) is 0 Å². The fourth-order valence-electron chi connectivity index (χ4n) is 2.09. The molecule has 1 aliphatic carbocycles. The number of anilines is 1. The fraction of sp³-hybridized carbons (Fsp3) is 0.333. The van der Waals surface area contributed by atoms with E-state index in [-0.39, 0.29) is 18.4 Å². The average molecular weight is 274 g/mol. The monoisotopic (exact) mass is 274 g/mol. The molecule has 20 heavy (non-hydrogen) atoms. The fourth-order valence-corrected chi connectivity index (χ4v) is 2.09. The SMILES string of the molecule is Nc1cccc(/C=C/C(=O)NC(CC(=O)O)C2CC2)c1. The molecular weight excluding hydrogens is 256 g/mol. The molecule has 1 aromatic carbocycles. The Morgan fingerprint density at radius 3 is 2.80 bits per heavy atom. The number of nitrogens with one attached hydrogen (secondary N) is 1. The molecule has 5 heteroatoms. The van der Waals surface area contributed by atoms with Gasteiger partial charge in [0.1, 0.15) is 0 Å². The molecule has 1 amide bonds. The molecule has 1 saturated carbocycles. The third kappa shape index (κ3) is 4.42. The van der Waals surface area contributed by atoms with Gasteiger partial charge in [-0.05, 0) is 42.5 Å². The first kappa shape index (κ1) is 14.1. The number of carboxylic acids is 1. The summed E-state index contributed by atoms with van der Waals surface area (Å²) >= 11 is 0. The second-order valence-electron chi connectivity index (χ2n) is 5.05. The lowest BCUT2D eigenvalue weighted by molar-refractivity contribution is -0.137. The van der Waals surface area contributed by atoms with Gasteiger partial charge in [0, 0.05) is 17.8 Å². The number of rotatable bonds is 6. The smallest absolute Gasteiger partial charge is 0.305 e. The Kier molecular flexibility index (Phi) is 4.40. The van der Waals surface area contributed by atoms with E-state index in [1.54, 1.807) is 18.2 Å². The van der Waals surface area contributed by atoms with Crippen LogP contribution in [0.25, 0.3) is 6.08 Å². The van der Waals surface area contributed by atoms with E-state index < -0.39 is 5.97 Å². The molecule has 0 spiro atoms. The number of nitrogens with two attached hydrogens (primary N) is 1. The largest absolute Gasteiger partial charge is 0.481 e. The predicted octanol–water partition coefficient (Wildman–Crippen LogP) is 1.65. The summed E-state index contributed by atoms with van der Waals surface area (Å²) < 4.78 is 0. The number of carboxylic acid groups (broad SMARTS) is 1. The van der Waals surface area contributed by atoms with Crippen molar-refractivity contribution in [3.63, 3.8) is 0 Å². The van der Waals surface area contributed by atoms with Gasteiger partial charge in [-0.3, -0.25) is 9.59 Å². The number of hydrogen-bond donors (Lipinski definition) is 3. The van der Waals surface area contributed by atoms with Gasteiger partial charge in [-0.15, -0.1) is 0 Å². The molecule has 0 saturated heterocycles. The first-order valence-corrected chi connectivity index (χ1v) is 6.60. The van der Waals surface area contributed by atoms with Crippen LogP contribution in [0.2, 0.25) is 0 Å². The molecule has 1 atom stereocenters. The third-order valence-corrected chi connectivity index (χ3v) is 3.25. The van der Waals surface area contributed by atoms with Gasteiger partial charge in [0.2, 0.25) is 5.91 Å². The minimum atomic E-state index is -0.887. The molecule has 0 aliphatic heterocycles. The molecule has 1 unspecified atom stereocenters. The summed E-state index contributed by atoms with van der Waals surface area (Å²) in [6, 6.07) is 6.91. The van der Waals surface area contributed by atoms with Crippen LogP contribution in [0.15, 0.2) is 30.3 Å². The van der Waals surface area contributed by atoms with Crippen LogP contribution in [0.1, 0.15) is 24.8 Å². The minimum absolute atomic E-state index is 0.0253. The number of hydrogen-bond acceptors (Lipinski definition) is 3. The zero-order valence-electron chi connectivity index (χ0n) is 11.1. The Morgan fingerprint density at radius 2 is 2.20 bits per heavy atom. The Labute approximate surface area is 117 Å². The quantitative estimate of drug-likeness (QED) is 0.543. The van der Waals surface area contributed by atoms with E-state index in [9.17, 15) is 9.59 Å². The van der Waals surface area contributed by atoms with E-state index in [2.05, 4.69) is 5.32 Å². The summed E-state index contributed by atoms with van der Waals surface area (Å²) in [5, 5.41) is 11.6. The highest BCUT2D eigenvalue weighted by molar-refractivity contribution is 5.92. The molecule has 5 nitrogen and oxygen atoms in total. The van der Waals surface area contributed by atoms with E-state index in [1.165, 1.54) is 6.08 Å². The third-order valence-electron chi connectivity index (χ3n) is 3.25. The first-order valence-electron chi connectivity index (χ1n) is 6.60. The lowest BCUT2D eigenvalue weighted by atomic mass is 10.1. The van der Waals surface area contributed by atoms with Gasteiger partial charge in [-0.25, -0.2) is 0 Å². The van der Waals surface area contributed by atoms with Crippen molar-refractivity contribution in [1.82, 2.24) is 5.32 Å². The molecule has 0 bridgehead atoms. The summed E-state index contributed by atoms with van der Waals surface area (Å²) in [5.41, 5.74) is 7.12. The zero-order valence-corrected chi connectivity index (χ0v) is 11.1. The lowest BCUT2D eigenvalue weighted by Crippen LogP contribution is -2.37. The molecule has 0 aromatic heterocycles. The maximum Gasteiger partial charge on any atom is 0.305 e. The number of carbonyl (C=O) groups is 2. The van der Waals surface area contributed by atoms with Crippen molar-refractivity contribution in [2.75, 3.05) is 5.73 Å². The average Bonchev–Trinajstić information content (AvgIpc) is 3.19. The summed E-state index contributed by atoms with van der Waals surface area (Å²) in [6.07, 6.45) is 5.01. The lowest BCUT2D eigenvalue weighted by Gasteiger charge is -2.14.